The third-order valence-electron chi connectivity index (χ3n) is 7.08. The van der Waals surface area contributed by atoms with Gasteiger partial charge in [-0.2, -0.15) is 0 Å². The Morgan fingerprint density at radius 2 is 1.78 bits per heavy atom. The van der Waals surface area contributed by atoms with Crippen LogP contribution in [0.3, 0.4) is 0 Å². The summed E-state index contributed by atoms with van der Waals surface area (Å²) in [6.07, 6.45) is 5.99. The minimum absolute atomic E-state index is 0.0918. The van der Waals surface area contributed by atoms with Crippen LogP contribution in [0.25, 0.3) is 0 Å². The smallest absolute Gasteiger partial charge is 0.220 e. The summed E-state index contributed by atoms with van der Waals surface area (Å²) in [5.74, 6) is 1.89. The van der Waals surface area contributed by atoms with E-state index in [1.807, 2.05) is 0 Å². The minimum Gasteiger partial charge on any atom is -0.356 e. The first-order chi connectivity index (χ1) is 14.7. The highest BCUT2D eigenvalue weighted by molar-refractivity contribution is 6.81. The van der Waals surface area contributed by atoms with Crippen molar-refractivity contribution in [1.82, 2.24) is 5.32 Å². The molecule has 0 bridgehead atoms. The number of nitrogens with one attached hydrogen (secondary N) is 1. The van der Waals surface area contributed by atoms with Crippen molar-refractivity contribution in [3.05, 3.63) is 11.3 Å². The lowest BCUT2D eigenvalue weighted by molar-refractivity contribution is -0.293. The molecule has 2 fully saturated rings. The van der Waals surface area contributed by atoms with Gasteiger partial charge in [0.05, 0.1) is 21.3 Å². The molecule has 1 N–H and O–H groups in total. The van der Waals surface area contributed by atoms with Crippen LogP contribution >= 0.6 is 0 Å². The lowest BCUT2D eigenvalue weighted by Gasteiger charge is -2.44. The molecule has 1 amide bonds. The number of amides is 1. The molecular weight excluding hydrogens is 414 g/mol. The molecule has 0 unspecified atom stereocenters. The lowest BCUT2D eigenvalue weighted by Crippen LogP contribution is -2.46. The van der Waals surface area contributed by atoms with Crippen molar-refractivity contribution >= 4 is 14.0 Å². The monoisotopic (exact) mass is 465 g/mol. The highest BCUT2D eigenvalue weighted by atomic mass is 28.3. The molecule has 1 saturated heterocycles. The predicted octanol–water partition coefficient (Wildman–Crippen LogP) is 6.57. The summed E-state index contributed by atoms with van der Waals surface area (Å²) in [4.78, 5) is 12.7. The van der Waals surface area contributed by atoms with Gasteiger partial charge in [0.2, 0.25) is 5.91 Å². The first kappa shape index (κ1) is 27.6. The van der Waals surface area contributed by atoms with Gasteiger partial charge in [-0.15, -0.1) is 0 Å². The predicted molar refractivity (Wildman–Crippen MR) is 137 cm³/mol. The van der Waals surface area contributed by atoms with Crippen LogP contribution in [0.1, 0.15) is 80.1 Å². The Labute approximate surface area is 199 Å². The molecule has 1 saturated carbocycles. The number of rotatable bonds is 9. The Bertz CT molecular complexity index is 640. The van der Waals surface area contributed by atoms with E-state index in [0.29, 0.717) is 30.1 Å². The molecule has 0 aromatic carbocycles. The van der Waals surface area contributed by atoms with E-state index in [4.69, 9.17) is 9.47 Å². The molecule has 0 aromatic heterocycles. The van der Waals surface area contributed by atoms with Gasteiger partial charge in [0.1, 0.15) is 0 Å². The minimum atomic E-state index is -1.41. The fourth-order valence-electron chi connectivity index (χ4n) is 5.00. The zero-order valence-electron chi connectivity index (χ0n) is 22.5. The summed E-state index contributed by atoms with van der Waals surface area (Å²) in [5.41, 5.74) is 4.25. The number of hydrogen-bond donors (Lipinski definition) is 1. The zero-order valence-corrected chi connectivity index (χ0v) is 23.5. The van der Waals surface area contributed by atoms with Crippen LogP contribution in [0, 0.1) is 29.1 Å². The summed E-state index contributed by atoms with van der Waals surface area (Å²) in [6, 6.07) is 0. The molecule has 1 heterocycles. The molecule has 32 heavy (non-hydrogen) atoms. The standard InChI is InChI=1S/C27H51NO3Si/c1-20(2)13-15-28-25(29)16-22-11-10-21(3)23(24(22)17-32(7,8)9)12-14-27(6)30-18-26(4,5)19-31-27/h17,20-23H,10-16,18-19H2,1-9H3,(H,28,29)/b24-17-/t21-,22+,23+/m1/s1. The van der Waals surface area contributed by atoms with Gasteiger partial charge in [-0.3, -0.25) is 4.79 Å². The van der Waals surface area contributed by atoms with Crippen molar-refractivity contribution in [3.8, 4) is 0 Å². The second kappa shape index (κ2) is 11.2. The molecule has 5 heteroatoms. The lowest BCUT2D eigenvalue weighted by atomic mass is 9.68. The topological polar surface area (TPSA) is 47.6 Å². The van der Waals surface area contributed by atoms with Crippen LogP contribution in [0.5, 0.6) is 0 Å². The Balaban J connectivity index is 2.09. The maximum atomic E-state index is 12.7. The first-order valence-corrected chi connectivity index (χ1v) is 16.5. The Kier molecular flexibility index (Phi) is 9.64. The van der Waals surface area contributed by atoms with E-state index >= 15 is 0 Å². The summed E-state index contributed by atoms with van der Waals surface area (Å²) in [5, 5.41) is 3.17. The molecule has 0 spiro atoms. The van der Waals surface area contributed by atoms with Crippen molar-refractivity contribution < 1.29 is 14.3 Å². The van der Waals surface area contributed by atoms with Crippen LogP contribution in [0.15, 0.2) is 11.3 Å². The fraction of sp³-hybridized carbons (Fsp3) is 0.889. The highest BCUT2D eigenvalue weighted by Crippen LogP contribution is 2.44. The maximum absolute atomic E-state index is 12.7. The van der Waals surface area contributed by atoms with E-state index < -0.39 is 13.9 Å². The van der Waals surface area contributed by atoms with Gasteiger partial charge in [0, 0.05) is 24.8 Å². The summed E-state index contributed by atoms with van der Waals surface area (Å²) in [7, 11) is -1.41. The van der Waals surface area contributed by atoms with E-state index in [-0.39, 0.29) is 11.3 Å². The molecule has 0 aromatic rings. The van der Waals surface area contributed by atoms with Crippen molar-refractivity contribution in [1.29, 1.82) is 0 Å². The molecule has 186 valence electrons. The van der Waals surface area contributed by atoms with Crippen molar-refractivity contribution in [2.75, 3.05) is 19.8 Å². The van der Waals surface area contributed by atoms with Gasteiger partial charge in [-0.25, -0.2) is 0 Å². The molecule has 4 nitrogen and oxygen atoms in total. The summed E-state index contributed by atoms with van der Waals surface area (Å²) >= 11 is 0. The van der Waals surface area contributed by atoms with E-state index in [1.165, 1.54) is 6.42 Å². The number of carbonyl (C=O) groups is 1. The molecule has 3 atom stereocenters. The summed E-state index contributed by atoms with van der Waals surface area (Å²) < 4.78 is 12.4. The van der Waals surface area contributed by atoms with Gasteiger partial charge >= 0.3 is 0 Å². The van der Waals surface area contributed by atoms with Crippen molar-refractivity contribution in [2.45, 2.75) is 105 Å². The third-order valence-corrected chi connectivity index (χ3v) is 8.28. The molecule has 1 aliphatic heterocycles. The first-order valence-electron chi connectivity index (χ1n) is 13.0. The molecule has 0 radical (unpaired) electrons. The van der Waals surface area contributed by atoms with Crippen LogP contribution in [0.2, 0.25) is 19.6 Å². The third kappa shape index (κ3) is 8.94. The van der Waals surface area contributed by atoms with Crippen molar-refractivity contribution in [3.63, 3.8) is 0 Å². The van der Waals surface area contributed by atoms with Gasteiger partial charge in [0.15, 0.2) is 5.79 Å². The SMILES string of the molecule is CC(C)CCNC(=O)C[C@@H]1CC[C@@H](C)[C@H](CCC2(C)OCC(C)(C)CO2)/C1=C\[Si](C)(C)C. The molecule has 2 aliphatic rings. The van der Waals surface area contributed by atoms with Gasteiger partial charge in [-0.1, -0.05) is 65.5 Å². The fourth-order valence-corrected chi connectivity index (χ4v) is 6.45. The van der Waals surface area contributed by atoms with Gasteiger partial charge < -0.3 is 14.8 Å². The van der Waals surface area contributed by atoms with Crippen LogP contribution < -0.4 is 5.32 Å². The number of hydrogen-bond acceptors (Lipinski definition) is 3. The molecule has 1 aliphatic carbocycles. The van der Waals surface area contributed by atoms with E-state index in [1.54, 1.807) is 5.57 Å². The number of carbonyl (C=O) groups excluding carboxylic acids is 1. The van der Waals surface area contributed by atoms with Crippen molar-refractivity contribution in [2.24, 2.45) is 29.1 Å². The maximum Gasteiger partial charge on any atom is 0.220 e. The average molecular weight is 466 g/mol. The summed E-state index contributed by atoms with van der Waals surface area (Å²) in [6.45, 7) is 22.8. The Morgan fingerprint density at radius 3 is 2.34 bits per heavy atom. The number of ether oxygens (including phenoxy) is 2. The van der Waals surface area contributed by atoms with E-state index in [2.05, 4.69) is 72.2 Å². The second-order valence-corrected chi connectivity index (χ2v) is 18.0. The van der Waals surface area contributed by atoms with Gasteiger partial charge in [-0.05, 0) is 56.3 Å². The van der Waals surface area contributed by atoms with E-state index in [0.717, 1.165) is 45.4 Å². The quantitative estimate of drug-likeness (QED) is 0.391. The molecule has 2 rings (SSSR count). The highest BCUT2D eigenvalue weighted by Gasteiger charge is 2.40. The van der Waals surface area contributed by atoms with E-state index in [9.17, 15) is 4.79 Å². The second-order valence-electron chi connectivity index (χ2n) is 13.0. The van der Waals surface area contributed by atoms with Crippen LogP contribution in [0.4, 0.5) is 0 Å². The normalized spacial score (nSPS) is 29.3. The van der Waals surface area contributed by atoms with Crippen LogP contribution in [-0.4, -0.2) is 39.5 Å². The number of allylic oxidation sites excluding steroid dienone is 1. The Morgan fingerprint density at radius 1 is 1.16 bits per heavy atom. The zero-order chi connectivity index (χ0) is 24.2. The molecular formula is C27H51NO3Si. The van der Waals surface area contributed by atoms with Gasteiger partial charge in [0.25, 0.3) is 0 Å². The largest absolute Gasteiger partial charge is 0.356 e. The average Bonchev–Trinajstić information content (AvgIpc) is 2.65. The van der Waals surface area contributed by atoms with Crippen LogP contribution in [-0.2, 0) is 14.3 Å². The Hall–Kier alpha value is -0.653.